The third-order valence-corrected chi connectivity index (χ3v) is 0. The van der Waals surface area contributed by atoms with Crippen molar-refractivity contribution in [2.24, 2.45) is 0 Å². The van der Waals surface area contributed by atoms with E-state index in [0.717, 1.165) is 0 Å². The van der Waals surface area contributed by atoms with Crippen molar-refractivity contribution < 1.29 is 13.8 Å². The number of rotatable bonds is 0. The molecule has 0 aliphatic carbocycles. The van der Waals surface area contributed by atoms with Crippen molar-refractivity contribution >= 4 is 42.1 Å². The summed E-state index contributed by atoms with van der Waals surface area (Å²) in [5, 5.41) is 0. The van der Waals surface area contributed by atoms with E-state index >= 15 is 0 Å². The van der Waals surface area contributed by atoms with Gasteiger partial charge in [0.2, 0.25) is 0 Å². The Labute approximate surface area is 55.8 Å². The van der Waals surface area contributed by atoms with E-state index in [-0.39, 0.29) is 53.0 Å². The van der Waals surface area contributed by atoms with Crippen LogP contribution in [0.2, 0.25) is 0 Å². The van der Waals surface area contributed by atoms with Gasteiger partial charge in [0.05, 0.1) is 0 Å². The van der Waals surface area contributed by atoms with Gasteiger partial charge in [-0.05, 0) is 0 Å². The van der Waals surface area contributed by atoms with Crippen LogP contribution in [0.15, 0.2) is 0 Å². The number of hydrogen-bond acceptors (Lipinski definition) is 1. The Morgan fingerprint density at radius 2 is 1.00 bits per heavy atom. The molecule has 0 aliphatic rings. The fourth-order valence-corrected chi connectivity index (χ4v) is 0. The van der Waals surface area contributed by atoms with Crippen LogP contribution in [-0.2, 0) is 13.8 Å². The van der Waals surface area contributed by atoms with Crippen molar-refractivity contribution in [1.82, 2.24) is 0 Å². The van der Waals surface area contributed by atoms with E-state index in [1.165, 1.54) is 0 Å². The van der Waals surface area contributed by atoms with Crippen LogP contribution in [-0.4, -0.2) is 42.1 Å². The molecule has 0 saturated heterocycles. The fraction of sp³-hybridized carbons (Fsp3) is 0. The molecule has 0 aromatic heterocycles. The minimum absolute atomic E-state index is 0. The van der Waals surface area contributed by atoms with Crippen molar-refractivity contribution in [2.75, 3.05) is 0 Å². The first-order valence-corrected chi connectivity index (χ1v) is 1.60. The zero-order valence-corrected chi connectivity index (χ0v) is 6.88. The summed E-state index contributed by atoms with van der Waals surface area (Å²) in [6, 6.07) is 0. The average molecular weight is 284 g/mol. The molecule has 0 N–H and O–H groups in total. The molecule has 0 rings (SSSR count). The summed E-state index contributed by atoms with van der Waals surface area (Å²) in [7, 11) is 0. The van der Waals surface area contributed by atoms with Gasteiger partial charge in [0.25, 0.3) is 0 Å². The standard InChI is InChI=1S/Al.Bi.3O/q+3;+1;;2*-2. The SMILES string of the molecule is [Al+3].[O-2].[O-2].[O]=[Bi+]. The molecule has 0 atom stereocenters. The molecule has 0 amide bonds. The summed E-state index contributed by atoms with van der Waals surface area (Å²) in [5.74, 6) is 0. The minimum atomic E-state index is 0. The molecular weight excluding hydrogens is 284 g/mol. The molecule has 0 saturated carbocycles. The van der Waals surface area contributed by atoms with E-state index in [4.69, 9.17) is 2.81 Å². The zero-order valence-electron chi connectivity index (χ0n) is 2.25. The van der Waals surface area contributed by atoms with E-state index in [0.29, 0.717) is 0 Å². The van der Waals surface area contributed by atoms with E-state index in [9.17, 15) is 0 Å². The quantitative estimate of drug-likeness (QED) is 0.519. The molecule has 0 unspecified atom stereocenters. The van der Waals surface area contributed by atoms with E-state index in [1.54, 1.807) is 0 Å². The van der Waals surface area contributed by atoms with Gasteiger partial charge in [0, 0.05) is 0 Å². The molecule has 5 heavy (non-hydrogen) atoms. The summed E-state index contributed by atoms with van der Waals surface area (Å²) in [4.78, 5) is 0. The molecule has 3 nitrogen and oxygen atoms in total. The molecule has 26 valence electrons. The van der Waals surface area contributed by atoms with Gasteiger partial charge in [-0.25, -0.2) is 0 Å². The Bertz CT molecular complexity index is 6.85. The third kappa shape index (κ3) is 39.2. The maximum absolute atomic E-state index is 8.36. The summed E-state index contributed by atoms with van der Waals surface area (Å²) >= 11 is 0.194. The van der Waals surface area contributed by atoms with Crippen molar-refractivity contribution in [3.63, 3.8) is 0 Å². The van der Waals surface area contributed by atoms with E-state index in [1.807, 2.05) is 0 Å². The van der Waals surface area contributed by atoms with E-state index in [2.05, 4.69) is 0 Å². The first kappa shape index (κ1) is 35.5. The van der Waals surface area contributed by atoms with Crippen LogP contribution in [0.5, 0.6) is 0 Å². The normalized spacial score (nSPS) is 0.800. The molecular formula is AlBiO3. The molecule has 0 aromatic carbocycles. The second-order valence-electron chi connectivity index (χ2n) is 0. The van der Waals surface area contributed by atoms with Crippen LogP contribution >= 0.6 is 0 Å². The van der Waals surface area contributed by atoms with Crippen LogP contribution in [0.1, 0.15) is 0 Å². The molecule has 0 heterocycles. The Kier molecular flexibility index (Phi) is 483. The molecule has 0 bridgehead atoms. The molecule has 0 aliphatic heterocycles. The van der Waals surface area contributed by atoms with Crippen LogP contribution < -0.4 is 0 Å². The third-order valence-electron chi connectivity index (χ3n) is 0. The van der Waals surface area contributed by atoms with Crippen molar-refractivity contribution in [3.8, 4) is 0 Å². The summed E-state index contributed by atoms with van der Waals surface area (Å²) in [6.45, 7) is 0. The second-order valence-corrected chi connectivity index (χ2v) is 0. The fourth-order valence-electron chi connectivity index (χ4n) is 0. The van der Waals surface area contributed by atoms with Crippen LogP contribution in [0.25, 0.3) is 0 Å². The topological polar surface area (TPSA) is 74.1 Å². The first-order valence-electron chi connectivity index (χ1n) is 0.183. The van der Waals surface area contributed by atoms with Crippen LogP contribution in [0, 0.1) is 0 Å². The Morgan fingerprint density at radius 1 is 1.00 bits per heavy atom. The Hall–Kier alpha value is 1.14. The van der Waals surface area contributed by atoms with Crippen molar-refractivity contribution in [2.45, 2.75) is 0 Å². The maximum atomic E-state index is 8.36. The van der Waals surface area contributed by atoms with Gasteiger partial charge in [0.15, 0.2) is 0 Å². The predicted molar refractivity (Wildman–Crippen MR) is 13.6 cm³/mol. The van der Waals surface area contributed by atoms with Gasteiger partial charge in [-0.2, -0.15) is 0 Å². The first-order chi connectivity index (χ1) is 1.00. The van der Waals surface area contributed by atoms with Gasteiger partial charge < -0.3 is 11.0 Å². The Morgan fingerprint density at radius 3 is 1.00 bits per heavy atom. The van der Waals surface area contributed by atoms with Gasteiger partial charge in [-0.3, -0.25) is 0 Å². The molecule has 0 aromatic rings. The van der Waals surface area contributed by atoms with Gasteiger partial charge in [-0.1, -0.05) is 0 Å². The van der Waals surface area contributed by atoms with E-state index < -0.39 is 0 Å². The molecule has 5 heteroatoms. The van der Waals surface area contributed by atoms with Crippen LogP contribution in [0.4, 0.5) is 0 Å². The summed E-state index contributed by atoms with van der Waals surface area (Å²) in [6.07, 6.45) is 0. The Balaban J connectivity index is -0.00000000167. The molecule has 0 spiro atoms. The van der Waals surface area contributed by atoms with Gasteiger partial charge >= 0.3 is 44.9 Å². The van der Waals surface area contributed by atoms with Gasteiger partial charge in [-0.15, -0.1) is 0 Å². The molecule has 0 fully saturated rings. The summed E-state index contributed by atoms with van der Waals surface area (Å²) in [5.41, 5.74) is 0. The van der Waals surface area contributed by atoms with Crippen molar-refractivity contribution in [3.05, 3.63) is 0 Å². The summed E-state index contributed by atoms with van der Waals surface area (Å²) < 4.78 is 8.36. The monoisotopic (exact) mass is 284 g/mol. The second kappa shape index (κ2) is 68.1. The molecule has 2 radical (unpaired) electrons. The average Bonchev–Trinajstić information content (AvgIpc) is 1.00. The van der Waals surface area contributed by atoms with Crippen molar-refractivity contribution in [1.29, 1.82) is 0 Å². The zero-order chi connectivity index (χ0) is 2.00. The van der Waals surface area contributed by atoms with Crippen LogP contribution in [0.3, 0.4) is 0 Å². The number of hydrogen-bond donors (Lipinski definition) is 0. The predicted octanol–water partition coefficient (Wildman–Crippen LogP) is -1.12. The van der Waals surface area contributed by atoms with Gasteiger partial charge in [0.1, 0.15) is 0 Å².